The van der Waals surface area contributed by atoms with Crippen molar-refractivity contribution in [1.29, 1.82) is 0 Å². The fraction of sp³-hybridized carbons (Fsp3) is 0.500. The van der Waals surface area contributed by atoms with Crippen molar-refractivity contribution in [3.8, 4) is 0 Å². The summed E-state index contributed by atoms with van der Waals surface area (Å²) >= 11 is 6.17. The van der Waals surface area contributed by atoms with E-state index in [0.717, 1.165) is 24.2 Å². The van der Waals surface area contributed by atoms with Gasteiger partial charge in [0.05, 0.1) is 12.7 Å². The Labute approximate surface area is 94.8 Å². The number of aliphatic hydroxyl groups excluding tert-OH is 1. The molecule has 1 heterocycles. The number of hydrogen-bond donors (Lipinski definition) is 1. The van der Waals surface area contributed by atoms with Gasteiger partial charge in [-0.2, -0.15) is 0 Å². The normalized spacial score (nSPS) is 23.0. The van der Waals surface area contributed by atoms with Crippen LogP contribution in [0.5, 0.6) is 0 Å². The van der Waals surface area contributed by atoms with E-state index in [2.05, 4.69) is 0 Å². The fourth-order valence-corrected chi connectivity index (χ4v) is 2.19. The highest BCUT2D eigenvalue weighted by atomic mass is 35.5. The van der Waals surface area contributed by atoms with Gasteiger partial charge in [-0.05, 0) is 24.5 Å². The summed E-state index contributed by atoms with van der Waals surface area (Å²) < 4.78 is 5.27. The van der Waals surface area contributed by atoms with E-state index in [1.165, 1.54) is 0 Å². The number of aliphatic hydroxyl groups is 1. The minimum Gasteiger partial charge on any atom is -0.388 e. The van der Waals surface area contributed by atoms with E-state index in [0.29, 0.717) is 11.6 Å². The van der Waals surface area contributed by atoms with E-state index in [1.807, 2.05) is 25.1 Å². The molecule has 1 aromatic carbocycles. The Bertz CT molecular complexity index is 345. The van der Waals surface area contributed by atoms with E-state index in [-0.39, 0.29) is 5.92 Å². The van der Waals surface area contributed by atoms with Gasteiger partial charge in [0.2, 0.25) is 0 Å². The van der Waals surface area contributed by atoms with Crippen molar-refractivity contribution in [2.45, 2.75) is 19.4 Å². The molecule has 0 amide bonds. The van der Waals surface area contributed by atoms with Crippen molar-refractivity contribution in [3.63, 3.8) is 0 Å². The monoisotopic (exact) mass is 226 g/mol. The van der Waals surface area contributed by atoms with Gasteiger partial charge in [0, 0.05) is 17.5 Å². The highest BCUT2D eigenvalue weighted by molar-refractivity contribution is 6.32. The molecule has 2 rings (SSSR count). The van der Waals surface area contributed by atoms with Gasteiger partial charge in [-0.25, -0.2) is 0 Å². The molecular formula is C12H15ClO2. The van der Waals surface area contributed by atoms with E-state index in [1.54, 1.807) is 0 Å². The van der Waals surface area contributed by atoms with Gasteiger partial charge in [0.1, 0.15) is 0 Å². The Hall–Kier alpha value is -0.570. The Morgan fingerprint density at radius 2 is 2.33 bits per heavy atom. The second-order valence-electron chi connectivity index (χ2n) is 4.05. The molecule has 0 radical (unpaired) electrons. The SMILES string of the molecule is Cc1cccc(C(O)C2CCOC2)c1Cl. The number of halogens is 1. The molecule has 2 nitrogen and oxygen atoms in total. The second-order valence-corrected chi connectivity index (χ2v) is 4.42. The van der Waals surface area contributed by atoms with Crippen LogP contribution >= 0.6 is 11.6 Å². The lowest BCUT2D eigenvalue weighted by Crippen LogP contribution is -2.13. The lowest BCUT2D eigenvalue weighted by Gasteiger charge is -2.18. The summed E-state index contributed by atoms with van der Waals surface area (Å²) in [6, 6.07) is 5.76. The first-order valence-corrected chi connectivity index (χ1v) is 5.59. The number of rotatable bonds is 2. The van der Waals surface area contributed by atoms with Crippen LogP contribution in [-0.4, -0.2) is 18.3 Å². The Balaban J connectivity index is 2.24. The molecule has 82 valence electrons. The van der Waals surface area contributed by atoms with Crippen LogP contribution in [0.25, 0.3) is 0 Å². The average Bonchev–Trinajstić information content (AvgIpc) is 2.74. The van der Waals surface area contributed by atoms with Crippen molar-refractivity contribution >= 4 is 11.6 Å². The molecule has 1 aromatic rings. The first kappa shape index (κ1) is 10.9. The Morgan fingerprint density at radius 1 is 1.53 bits per heavy atom. The zero-order valence-electron chi connectivity index (χ0n) is 8.74. The van der Waals surface area contributed by atoms with Crippen LogP contribution in [-0.2, 0) is 4.74 Å². The third kappa shape index (κ3) is 2.17. The topological polar surface area (TPSA) is 29.5 Å². The van der Waals surface area contributed by atoms with Crippen molar-refractivity contribution in [2.75, 3.05) is 13.2 Å². The zero-order valence-corrected chi connectivity index (χ0v) is 9.50. The molecule has 1 saturated heterocycles. The lowest BCUT2D eigenvalue weighted by molar-refractivity contribution is 0.0918. The highest BCUT2D eigenvalue weighted by Gasteiger charge is 2.26. The number of hydrogen-bond acceptors (Lipinski definition) is 2. The highest BCUT2D eigenvalue weighted by Crippen LogP contribution is 2.33. The molecule has 3 heteroatoms. The number of aryl methyl sites for hydroxylation is 1. The fourth-order valence-electron chi connectivity index (χ4n) is 1.95. The maximum atomic E-state index is 10.2. The minimum atomic E-state index is -0.500. The van der Waals surface area contributed by atoms with Crippen LogP contribution in [0.2, 0.25) is 5.02 Å². The predicted molar refractivity (Wildman–Crippen MR) is 60.1 cm³/mol. The maximum Gasteiger partial charge on any atom is 0.0855 e. The van der Waals surface area contributed by atoms with E-state index >= 15 is 0 Å². The largest absolute Gasteiger partial charge is 0.388 e. The summed E-state index contributed by atoms with van der Waals surface area (Å²) in [6.45, 7) is 3.32. The molecule has 0 saturated carbocycles. The van der Waals surface area contributed by atoms with Gasteiger partial charge >= 0.3 is 0 Å². The van der Waals surface area contributed by atoms with Crippen LogP contribution in [0, 0.1) is 12.8 Å². The van der Waals surface area contributed by atoms with Crippen LogP contribution in [0.1, 0.15) is 23.7 Å². The van der Waals surface area contributed by atoms with Crippen LogP contribution < -0.4 is 0 Å². The van der Waals surface area contributed by atoms with E-state index in [9.17, 15) is 5.11 Å². The number of ether oxygens (including phenoxy) is 1. The molecule has 1 N–H and O–H groups in total. The summed E-state index contributed by atoms with van der Waals surface area (Å²) in [6.07, 6.45) is 0.408. The molecule has 0 bridgehead atoms. The van der Waals surface area contributed by atoms with Crippen molar-refractivity contribution in [1.82, 2.24) is 0 Å². The predicted octanol–water partition coefficient (Wildman–Crippen LogP) is 2.72. The third-order valence-electron chi connectivity index (χ3n) is 2.95. The summed E-state index contributed by atoms with van der Waals surface area (Å²) in [5, 5.41) is 10.8. The quantitative estimate of drug-likeness (QED) is 0.840. The number of benzene rings is 1. The first-order chi connectivity index (χ1) is 7.20. The van der Waals surface area contributed by atoms with E-state index in [4.69, 9.17) is 16.3 Å². The van der Waals surface area contributed by atoms with Crippen molar-refractivity contribution in [3.05, 3.63) is 34.3 Å². The molecule has 1 aliphatic rings. The van der Waals surface area contributed by atoms with Crippen molar-refractivity contribution < 1.29 is 9.84 Å². The molecule has 1 aliphatic heterocycles. The van der Waals surface area contributed by atoms with Crippen LogP contribution in [0.15, 0.2) is 18.2 Å². The molecule has 0 aromatic heterocycles. The summed E-state index contributed by atoms with van der Waals surface area (Å²) in [5.41, 5.74) is 1.83. The molecule has 0 spiro atoms. The molecule has 1 fully saturated rings. The van der Waals surface area contributed by atoms with Crippen LogP contribution in [0.4, 0.5) is 0 Å². The molecule has 15 heavy (non-hydrogen) atoms. The Kier molecular flexibility index (Phi) is 3.29. The smallest absolute Gasteiger partial charge is 0.0855 e. The Morgan fingerprint density at radius 3 is 3.00 bits per heavy atom. The zero-order chi connectivity index (χ0) is 10.8. The first-order valence-electron chi connectivity index (χ1n) is 5.21. The summed E-state index contributed by atoms with van der Waals surface area (Å²) in [4.78, 5) is 0. The van der Waals surface area contributed by atoms with Crippen molar-refractivity contribution in [2.24, 2.45) is 5.92 Å². The van der Waals surface area contributed by atoms with Gasteiger partial charge in [0.25, 0.3) is 0 Å². The second kappa shape index (κ2) is 4.52. The van der Waals surface area contributed by atoms with E-state index < -0.39 is 6.10 Å². The lowest BCUT2D eigenvalue weighted by atomic mass is 9.94. The van der Waals surface area contributed by atoms with Crippen LogP contribution in [0.3, 0.4) is 0 Å². The van der Waals surface area contributed by atoms with Gasteiger partial charge in [-0.15, -0.1) is 0 Å². The van der Waals surface area contributed by atoms with Gasteiger partial charge in [0.15, 0.2) is 0 Å². The summed E-state index contributed by atoms with van der Waals surface area (Å²) in [5.74, 6) is 0.185. The standard InChI is InChI=1S/C12H15ClO2/c1-8-3-2-4-10(11(8)13)12(14)9-5-6-15-7-9/h2-4,9,12,14H,5-7H2,1H3. The maximum absolute atomic E-state index is 10.2. The minimum absolute atomic E-state index is 0.185. The van der Waals surface area contributed by atoms with Gasteiger partial charge in [-0.1, -0.05) is 29.8 Å². The molecule has 2 unspecified atom stereocenters. The molecular weight excluding hydrogens is 212 g/mol. The van der Waals surface area contributed by atoms with Gasteiger partial charge in [-0.3, -0.25) is 0 Å². The van der Waals surface area contributed by atoms with Gasteiger partial charge < -0.3 is 9.84 Å². The summed E-state index contributed by atoms with van der Waals surface area (Å²) in [7, 11) is 0. The molecule has 0 aliphatic carbocycles. The molecule has 2 atom stereocenters. The average molecular weight is 227 g/mol. The third-order valence-corrected chi connectivity index (χ3v) is 3.47.